The Hall–Kier alpha value is -4.31. The van der Waals surface area contributed by atoms with Gasteiger partial charge in [0.15, 0.2) is 17.4 Å². The van der Waals surface area contributed by atoms with Gasteiger partial charge in [-0.15, -0.1) is 0 Å². The van der Waals surface area contributed by atoms with Crippen LogP contribution in [-0.4, -0.2) is 55.6 Å². The number of aryl methyl sites for hydroxylation is 1. The molecule has 1 aromatic carbocycles. The summed E-state index contributed by atoms with van der Waals surface area (Å²) in [5.74, 6) is 2.40. The standard InChI is InChI=1S/C28H32N8O2/c1-4-24(37)21-16-29-26(33-25-12-7-9-19(31-25)17-36-13-5-6-14-36)15-23(21)32-22-11-8-10-20(27(22)38-3)28-30-18-35(2)34-28/h7-12,15-16,18H,4-6,13-14,17H2,1-3H3,(H2,29,31,32,33). The molecule has 1 aliphatic heterocycles. The lowest BCUT2D eigenvalue weighted by molar-refractivity contribution is 0.0988. The molecular weight excluding hydrogens is 480 g/mol. The molecule has 0 aliphatic carbocycles. The number of ketones is 1. The number of para-hydroxylation sites is 1. The maximum atomic E-state index is 12.8. The number of benzene rings is 1. The van der Waals surface area contributed by atoms with Crippen molar-refractivity contribution in [3.63, 3.8) is 0 Å². The van der Waals surface area contributed by atoms with Crippen LogP contribution in [-0.2, 0) is 13.6 Å². The molecule has 4 heterocycles. The monoisotopic (exact) mass is 512 g/mol. The second-order valence-electron chi connectivity index (χ2n) is 9.27. The first kappa shape index (κ1) is 25.3. The highest BCUT2D eigenvalue weighted by Crippen LogP contribution is 2.37. The Morgan fingerprint density at radius 2 is 1.84 bits per heavy atom. The number of anilines is 4. The van der Waals surface area contributed by atoms with Gasteiger partial charge in [-0.25, -0.2) is 15.0 Å². The molecule has 1 aliphatic rings. The minimum Gasteiger partial charge on any atom is -0.494 e. The number of likely N-dealkylation sites (tertiary alicyclic amines) is 1. The molecule has 4 aromatic rings. The number of ether oxygens (including phenoxy) is 1. The highest BCUT2D eigenvalue weighted by molar-refractivity contribution is 6.02. The second kappa shape index (κ2) is 11.4. The average Bonchev–Trinajstić information content (AvgIpc) is 3.60. The van der Waals surface area contributed by atoms with Gasteiger partial charge in [0, 0.05) is 32.3 Å². The number of aromatic nitrogens is 5. The van der Waals surface area contributed by atoms with E-state index in [0.717, 1.165) is 30.9 Å². The number of Topliss-reactive ketones (excluding diaryl/α,β-unsaturated/α-hetero) is 1. The van der Waals surface area contributed by atoms with Crippen molar-refractivity contribution in [2.45, 2.75) is 32.7 Å². The Kier molecular flexibility index (Phi) is 7.60. The molecule has 0 radical (unpaired) electrons. The molecule has 0 saturated carbocycles. The zero-order valence-corrected chi connectivity index (χ0v) is 21.9. The summed E-state index contributed by atoms with van der Waals surface area (Å²) in [4.78, 5) is 28.8. The Morgan fingerprint density at radius 1 is 1.03 bits per heavy atom. The lowest BCUT2D eigenvalue weighted by Gasteiger charge is -2.17. The van der Waals surface area contributed by atoms with Gasteiger partial charge >= 0.3 is 0 Å². The van der Waals surface area contributed by atoms with Gasteiger partial charge in [0.05, 0.1) is 35.3 Å². The third-order valence-electron chi connectivity index (χ3n) is 6.50. The van der Waals surface area contributed by atoms with E-state index in [1.807, 2.05) is 56.4 Å². The molecule has 0 bridgehead atoms. The fraction of sp³-hybridized carbons (Fsp3) is 0.321. The average molecular weight is 513 g/mol. The smallest absolute Gasteiger partial charge is 0.184 e. The first-order chi connectivity index (χ1) is 18.5. The highest BCUT2D eigenvalue weighted by Gasteiger charge is 2.18. The van der Waals surface area contributed by atoms with Gasteiger partial charge in [-0.05, 0) is 50.2 Å². The molecule has 0 spiro atoms. The third-order valence-corrected chi connectivity index (χ3v) is 6.50. The summed E-state index contributed by atoms with van der Waals surface area (Å²) in [7, 11) is 3.42. The molecule has 2 N–H and O–H groups in total. The van der Waals surface area contributed by atoms with E-state index in [9.17, 15) is 4.79 Å². The van der Waals surface area contributed by atoms with E-state index < -0.39 is 0 Å². The molecule has 5 rings (SSSR count). The van der Waals surface area contributed by atoms with Crippen molar-refractivity contribution >= 4 is 28.8 Å². The summed E-state index contributed by atoms with van der Waals surface area (Å²) in [5.41, 5.74) is 3.56. The van der Waals surface area contributed by atoms with Crippen LogP contribution < -0.4 is 15.4 Å². The van der Waals surface area contributed by atoms with Gasteiger partial charge in [0.2, 0.25) is 0 Å². The van der Waals surface area contributed by atoms with Crippen LogP contribution in [0.5, 0.6) is 5.75 Å². The summed E-state index contributed by atoms with van der Waals surface area (Å²) >= 11 is 0. The minimum atomic E-state index is -0.0150. The van der Waals surface area contributed by atoms with Crippen LogP contribution in [0.1, 0.15) is 42.2 Å². The molecule has 196 valence electrons. The number of carbonyl (C=O) groups is 1. The van der Waals surface area contributed by atoms with Gasteiger partial charge in [-0.3, -0.25) is 14.4 Å². The largest absolute Gasteiger partial charge is 0.494 e. The van der Waals surface area contributed by atoms with Crippen LogP contribution in [0, 0.1) is 0 Å². The van der Waals surface area contributed by atoms with Gasteiger partial charge < -0.3 is 15.4 Å². The quantitative estimate of drug-likeness (QED) is 0.285. The van der Waals surface area contributed by atoms with Crippen molar-refractivity contribution in [2.24, 2.45) is 7.05 Å². The number of methoxy groups -OCH3 is 1. The van der Waals surface area contributed by atoms with Crippen LogP contribution >= 0.6 is 0 Å². The number of carbonyl (C=O) groups excluding carboxylic acids is 1. The molecule has 10 nitrogen and oxygen atoms in total. The molecule has 10 heteroatoms. The van der Waals surface area contributed by atoms with Crippen molar-refractivity contribution in [3.8, 4) is 17.1 Å². The van der Waals surface area contributed by atoms with Crippen molar-refractivity contribution in [1.82, 2.24) is 29.6 Å². The number of hydrogen-bond acceptors (Lipinski definition) is 9. The summed E-state index contributed by atoms with van der Waals surface area (Å²) in [6.45, 7) is 4.90. The maximum absolute atomic E-state index is 12.8. The normalized spacial score (nSPS) is 13.4. The van der Waals surface area contributed by atoms with E-state index in [1.54, 1.807) is 24.3 Å². The predicted octanol–water partition coefficient (Wildman–Crippen LogP) is 4.96. The fourth-order valence-corrected chi connectivity index (χ4v) is 4.62. The number of pyridine rings is 2. The van der Waals surface area contributed by atoms with Crippen LogP contribution in [0.25, 0.3) is 11.4 Å². The molecule has 0 atom stereocenters. The number of hydrogen-bond donors (Lipinski definition) is 2. The summed E-state index contributed by atoms with van der Waals surface area (Å²) in [5, 5.41) is 11.1. The van der Waals surface area contributed by atoms with E-state index in [4.69, 9.17) is 9.72 Å². The molecule has 1 saturated heterocycles. The van der Waals surface area contributed by atoms with Gasteiger partial charge in [-0.1, -0.05) is 19.1 Å². The topological polar surface area (TPSA) is 110 Å². The van der Waals surface area contributed by atoms with Gasteiger partial charge in [-0.2, -0.15) is 5.10 Å². The van der Waals surface area contributed by atoms with Crippen molar-refractivity contribution in [2.75, 3.05) is 30.8 Å². The van der Waals surface area contributed by atoms with E-state index >= 15 is 0 Å². The van der Waals surface area contributed by atoms with Crippen LogP contribution in [0.3, 0.4) is 0 Å². The second-order valence-corrected chi connectivity index (χ2v) is 9.27. The van der Waals surface area contributed by atoms with Crippen molar-refractivity contribution in [3.05, 3.63) is 66.2 Å². The van der Waals surface area contributed by atoms with Gasteiger partial charge in [0.25, 0.3) is 0 Å². The van der Waals surface area contributed by atoms with Crippen LogP contribution in [0.15, 0.2) is 55.0 Å². The zero-order valence-electron chi connectivity index (χ0n) is 21.9. The van der Waals surface area contributed by atoms with Crippen molar-refractivity contribution < 1.29 is 9.53 Å². The summed E-state index contributed by atoms with van der Waals surface area (Å²) in [6.07, 6.45) is 6.08. The SMILES string of the molecule is CCC(=O)c1cnc(Nc2cccc(CN3CCCC3)n2)cc1Nc1cccc(-c2ncn(C)n2)c1OC. The predicted molar refractivity (Wildman–Crippen MR) is 147 cm³/mol. The first-order valence-corrected chi connectivity index (χ1v) is 12.8. The zero-order chi connectivity index (χ0) is 26.5. The van der Waals surface area contributed by atoms with E-state index in [1.165, 1.54) is 12.8 Å². The number of rotatable bonds is 10. The lowest BCUT2D eigenvalue weighted by atomic mass is 10.1. The molecule has 0 amide bonds. The molecule has 38 heavy (non-hydrogen) atoms. The molecule has 1 fully saturated rings. The van der Waals surface area contributed by atoms with Crippen LogP contribution in [0.2, 0.25) is 0 Å². The maximum Gasteiger partial charge on any atom is 0.184 e. The lowest BCUT2D eigenvalue weighted by Crippen LogP contribution is -2.19. The molecule has 0 unspecified atom stereocenters. The Bertz CT molecular complexity index is 1430. The Morgan fingerprint density at radius 3 is 2.58 bits per heavy atom. The van der Waals surface area contributed by atoms with E-state index in [-0.39, 0.29) is 5.78 Å². The number of nitrogens with zero attached hydrogens (tertiary/aromatic N) is 6. The summed E-state index contributed by atoms with van der Waals surface area (Å²) in [6, 6.07) is 13.5. The summed E-state index contributed by atoms with van der Waals surface area (Å²) < 4.78 is 7.39. The minimum absolute atomic E-state index is 0.0150. The molecular formula is C28H32N8O2. The van der Waals surface area contributed by atoms with Gasteiger partial charge in [0.1, 0.15) is 18.0 Å². The first-order valence-electron chi connectivity index (χ1n) is 12.8. The Labute approximate surface area is 222 Å². The van der Waals surface area contributed by atoms with E-state index in [0.29, 0.717) is 46.6 Å². The van der Waals surface area contributed by atoms with Crippen molar-refractivity contribution in [1.29, 1.82) is 0 Å². The van der Waals surface area contributed by atoms with E-state index in [2.05, 4.69) is 30.6 Å². The fourth-order valence-electron chi connectivity index (χ4n) is 4.62. The Balaban J connectivity index is 1.44. The highest BCUT2D eigenvalue weighted by atomic mass is 16.5. The third kappa shape index (κ3) is 5.65. The van der Waals surface area contributed by atoms with Crippen LogP contribution in [0.4, 0.5) is 23.0 Å². The molecule has 3 aromatic heterocycles. The number of nitrogens with one attached hydrogen (secondary N) is 2.